The van der Waals surface area contributed by atoms with Crippen LogP contribution in [-0.4, -0.2) is 53.7 Å². The van der Waals surface area contributed by atoms with Crippen molar-refractivity contribution >= 4 is 22.4 Å². The van der Waals surface area contributed by atoms with E-state index in [1.165, 1.54) is 0 Å². The van der Waals surface area contributed by atoms with Gasteiger partial charge in [-0.2, -0.15) is 0 Å². The van der Waals surface area contributed by atoms with Gasteiger partial charge < -0.3 is 20.6 Å². The summed E-state index contributed by atoms with van der Waals surface area (Å²) in [5.41, 5.74) is 5.95. The highest BCUT2D eigenvalue weighted by molar-refractivity contribution is 7.13. The van der Waals surface area contributed by atoms with Crippen LogP contribution in [0.25, 0.3) is 0 Å². The number of hydrogen-bond donors (Lipinski definition) is 2. The summed E-state index contributed by atoms with van der Waals surface area (Å²) in [5.74, 6) is 0.491. The van der Waals surface area contributed by atoms with E-state index in [2.05, 4.69) is 19.8 Å². The molecule has 3 rings (SSSR count). The first-order valence-corrected chi connectivity index (χ1v) is 8.91. The van der Waals surface area contributed by atoms with Crippen molar-refractivity contribution in [2.24, 2.45) is 10.7 Å². The lowest BCUT2D eigenvalue weighted by Gasteiger charge is -2.35. The first kappa shape index (κ1) is 16.7. The second-order valence-electron chi connectivity index (χ2n) is 6.10. The van der Waals surface area contributed by atoms with Gasteiger partial charge in [0, 0.05) is 37.8 Å². The van der Waals surface area contributed by atoms with Gasteiger partial charge in [0.15, 0.2) is 11.1 Å². The average Bonchev–Trinajstić information content (AvgIpc) is 3.15. The Hall–Kier alpha value is -2.12. The van der Waals surface area contributed by atoms with Gasteiger partial charge in [0.1, 0.15) is 5.60 Å². The van der Waals surface area contributed by atoms with Gasteiger partial charge in [0.25, 0.3) is 0 Å². The van der Waals surface area contributed by atoms with Crippen LogP contribution in [0.3, 0.4) is 0 Å². The fraction of sp³-hybridized carbons (Fsp3) is 0.412. The van der Waals surface area contributed by atoms with Crippen LogP contribution in [0, 0.1) is 0 Å². The number of piperazine rings is 1. The Kier molecular flexibility index (Phi) is 5.01. The monoisotopic (exact) mass is 345 g/mol. The molecule has 24 heavy (non-hydrogen) atoms. The molecule has 3 N–H and O–H groups in total. The van der Waals surface area contributed by atoms with Crippen LogP contribution in [0.2, 0.25) is 0 Å². The second-order valence-corrected chi connectivity index (χ2v) is 6.98. The second kappa shape index (κ2) is 7.19. The minimum atomic E-state index is -1.02. The predicted octanol–water partition coefficient (Wildman–Crippen LogP) is 1.49. The lowest BCUT2D eigenvalue weighted by atomic mass is 9.96. The highest BCUT2D eigenvalue weighted by atomic mass is 32.1. The molecule has 1 aliphatic rings. The third-order valence-corrected chi connectivity index (χ3v) is 5.07. The van der Waals surface area contributed by atoms with Crippen molar-refractivity contribution in [2.45, 2.75) is 12.5 Å². The minimum absolute atomic E-state index is 0.246. The van der Waals surface area contributed by atoms with Gasteiger partial charge in [-0.1, -0.05) is 30.3 Å². The summed E-state index contributed by atoms with van der Waals surface area (Å²) >= 11 is 1.65. The largest absolute Gasteiger partial charge is 0.384 e. The van der Waals surface area contributed by atoms with E-state index < -0.39 is 5.60 Å². The zero-order valence-electron chi connectivity index (χ0n) is 13.8. The average molecular weight is 345 g/mol. The van der Waals surface area contributed by atoms with Crippen LogP contribution in [0.4, 0.5) is 5.13 Å². The summed E-state index contributed by atoms with van der Waals surface area (Å²) in [6.07, 6.45) is 1.83. The number of guanidine groups is 1. The summed E-state index contributed by atoms with van der Waals surface area (Å²) < 4.78 is 0. The van der Waals surface area contributed by atoms with Gasteiger partial charge >= 0.3 is 0 Å². The molecular weight excluding hydrogens is 322 g/mol. The Morgan fingerprint density at radius 2 is 2.00 bits per heavy atom. The molecule has 1 unspecified atom stereocenters. The molecule has 0 saturated carbocycles. The quantitative estimate of drug-likeness (QED) is 0.648. The molecule has 1 aromatic carbocycles. The summed E-state index contributed by atoms with van der Waals surface area (Å²) in [5, 5.41) is 13.6. The Bertz CT molecular complexity index is 664. The number of nitrogens with zero attached hydrogens (tertiary/aromatic N) is 4. The van der Waals surface area contributed by atoms with Crippen molar-refractivity contribution in [1.82, 2.24) is 9.88 Å². The third-order valence-electron chi connectivity index (χ3n) is 4.24. The maximum atomic E-state index is 10.6. The van der Waals surface area contributed by atoms with Gasteiger partial charge in [-0.15, -0.1) is 11.3 Å². The number of nitrogens with two attached hydrogens (primary N) is 1. The minimum Gasteiger partial charge on any atom is -0.384 e. The molecular formula is C17H23N5OS. The molecule has 2 aromatic rings. The summed E-state index contributed by atoms with van der Waals surface area (Å²) in [7, 11) is 0. The molecule has 0 spiro atoms. The zero-order chi connectivity index (χ0) is 17.0. The predicted molar refractivity (Wildman–Crippen MR) is 98.4 cm³/mol. The van der Waals surface area contributed by atoms with E-state index in [0.717, 1.165) is 36.9 Å². The summed E-state index contributed by atoms with van der Waals surface area (Å²) in [6.45, 7) is 5.37. The maximum absolute atomic E-state index is 10.6. The lowest BCUT2D eigenvalue weighted by Crippen LogP contribution is -2.51. The third kappa shape index (κ3) is 3.85. The van der Waals surface area contributed by atoms with E-state index in [-0.39, 0.29) is 6.54 Å². The normalized spacial score (nSPS) is 18.5. The van der Waals surface area contributed by atoms with Gasteiger partial charge in [0.2, 0.25) is 0 Å². The smallest absolute Gasteiger partial charge is 0.191 e. The number of aromatic nitrogens is 1. The molecule has 1 aromatic heterocycles. The van der Waals surface area contributed by atoms with E-state index in [9.17, 15) is 5.11 Å². The standard InChI is InChI=1S/C17H23N5OS/c1-17(23,14-5-3-2-4-6-14)13-20-15(18)21-8-10-22(11-9-21)16-19-7-12-24-16/h2-7,12,23H,8-11,13H2,1H3,(H2,18,20). The van der Waals surface area contributed by atoms with E-state index in [0.29, 0.717) is 5.96 Å². The van der Waals surface area contributed by atoms with E-state index in [1.807, 2.05) is 41.9 Å². The first-order chi connectivity index (χ1) is 11.6. The van der Waals surface area contributed by atoms with Gasteiger partial charge in [0.05, 0.1) is 6.54 Å². The van der Waals surface area contributed by atoms with Gasteiger partial charge in [-0.3, -0.25) is 0 Å². The first-order valence-electron chi connectivity index (χ1n) is 8.03. The van der Waals surface area contributed by atoms with Crippen molar-refractivity contribution in [1.29, 1.82) is 0 Å². The molecule has 2 heterocycles. The van der Waals surface area contributed by atoms with Crippen molar-refractivity contribution in [2.75, 3.05) is 37.6 Å². The van der Waals surface area contributed by atoms with Crippen molar-refractivity contribution < 1.29 is 5.11 Å². The number of benzene rings is 1. The molecule has 0 aliphatic carbocycles. The summed E-state index contributed by atoms with van der Waals surface area (Å²) in [6, 6.07) is 9.56. The molecule has 1 saturated heterocycles. The van der Waals surface area contributed by atoms with Crippen LogP contribution in [-0.2, 0) is 5.60 Å². The van der Waals surface area contributed by atoms with Crippen LogP contribution in [0.5, 0.6) is 0 Å². The summed E-state index contributed by atoms with van der Waals surface area (Å²) in [4.78, 5) is 13.1. The fourth-order valence-electron chi connectivity index (χ4n) is 2.72. The van der Waals surface area contributed by atoms with Crippen molar-refractivity contribution in [3.05, 3.63) is 47.5 Å². The van der Waals surface area contributed by atoms with Gasteiger partial charge in [-0.05, 0) is 12.5 Å². The lowest BCUT2D eigenvalue weighted by molar-refractivity contribution is 0.0670. The SMILES string of the molecule is CC(O)(CN=C(N)N1CCN(c2nccs2)CC1)c1ccccc1. The topological polar surface area (TPSA) is 78.0 Å². The molecule has 1 atom stereocenters. The van der Waals surface area contributed by atoms with Crippen LogP contribution in [0.1, 0.15) is 12.5 Å². The highest BCUT2D eigenvalue weighted by Crippen LogP contribution is 2.21. The Morgan fingerprint density at radius 1 is 1.29 bits per heavy atom. The highest BCUT2D eigenvalue weighted by Gasteiger charge is 2.24. The molecule has 0 bridgehead atoms. The van der Waals surface area contributed by atoms with Crippen molar-refractivity contribution in [3.63, 3.8) is 0 Å². The molecule has 0 radical (unpaired) electrons. The van der Waals surface area contributed by atoms with E-state index in [1.54, 1.807) is 18.3 Å². The zero-order valence-corrected chi connectivity index (χ0v) is 14.6. The molecule has 0 amide bonds. The fourth-order valence-corrected chi connectivity index (χ4v) is 3.42. The Labute approximate surface area is 146 Å². The molecule has 1 fully saturated rings. The van der Waals surface area contributed by atoms with E-state index in [4.69, 9.17) is 5.73 Å². The van der Waals surface area contributed by atoms with E-state index >= 15 is 0 Å². The molecule has 1 aliphatic heterocycles. The van der Waals surface area contributed by atoms with Crippen LogP contribution >= 0.6 is 11.3 Å². The van der Waals surface area contributed by atoms with Crippen LogP contribution in [0.15, 0.2) is 46.9 Å². The van der Waals surface area contributed by atoms with Crippen LogP contribution < -0.4 is 10.6 Å². The molecule has 128 valence electrons. The van der Waals surface area contributed by atoms with Crippen molar-refractivity contribution in [3.8, 4) is 0 Å². The molecule has 7 heteroatoms. The number of hydrogen-bond acceptors (Lipinski definition) is 5. The number of rotatable bonds is 4. The maximum Gasteiger partial charge on any atom is 0.191 e. The Balaban J connectivity index is 1.57. The number of anilines is 1. The number of aliphatic hydroxyl groups is 1. The van der Waals surface area contributed by atoms with Gasteiger partial charge in [-0.25, -0.2) is 9.98 Å². The number of aliphatic imine (C=N–C) groups is 1. The Morgan fingerprint density at radius 3 is 2.62 bits per heavy atom. The molecule has 6 nitrogen and oxygen atoms in total. The number of thiazole rings is 1.